The van der Waals surface area contributed by atoms with Gasteiger partial charge in [-0.15, -0.1) is 11.8 Å². The number of carbonyl (C=O) groups is 1. The molecule has 0 atom stereocenters. The van der Waals surface area contributed by atoms with Gasteiger partial charge in [0.25, 0.3) is 0 Å². The molecule has 0 unspecified atom stereocenters. The van der Waals surface area contributed by atoms with E-state index < -0.39 is 15.8 Å². The number of nitrogens with zero attached hydrogens (tertiary/aromatic N) is 3. The number of aromatic nitrogens is 1. The summed E-state index contributed by atoms with van der Waals surface area (Å²) in [5.41, 5.74) is 0.225. The summed E-state index contributed by atoms with van der Waals surface area (Å²) in [6.07, 6.45) is 4.24. The molecule has 1 aliphatic rings. The molecule has 5 rings (SSSR count). The number of amides is 1. The largest absolute Gasteiger partial charge is 0.467 e. The average Bonchev–Trinajstić information content (AvgIpc) is 3.57. The van der Waals surface area contributed by atoms with Crippen molar-refractivity contribution < 1.29 is 22.0 Å². The lowest BCUT2D eigenvalue weighted by atomic mass is 9.96. The normalized spacial score (nSPS) is 15.4. The van der Waals surface area contributed by atoms with Crippen LogP contribution in [0.1, 0.15) is 18.6 Å². The van der Waals surface area contributed by atoms with Crippen molar-refractivity contribution >= 4 is 54.4 Å². The summed E-state index contributed by atoms with van der Waals surface area (Å²) in [7, 11) is -3.64. The number of sulfonamides is 1. The van der Waals surface area contributed by atoms with Crippen LogP contribution in [0.25, 0.3) is 10.2 Å². The highest BCUT2D eigenvalue weighted by Crippen LogP contribution is 2.34. The highest BCUT2D eigenvalue weighted by atomic mass is 32.2. The number of rotatable bonds is 7. The summed E-state index contributed by atoms with van der Waals surface area (Å²) in [5.74, 6) is -0.421. The Bertz CT molecular complexity index is 1460. The van der Waals surface area contributed by atoms with Crippen molar-refractivity contribution in [2.75, 3.05) is 24.2 Å². The van der Waals surface area contributed by atoms with E-state index in [0.717, 1.165) is 4.90 Å². The molecule has 0 bridgehead atoms. The van der Waals surface area contributed by atoms with Crippen LogP contribution in [-0.2, 0) is 21.4 Å². The first-order chi connectivity index (χ1) is 17.4. The van der Waals surface area contributed by atoms with Crippen molar-refractivity contribution in [2.24, 2.45) is 5.92 Å². The molecule has 2 aromatic carbocycles. The SMILES string of the molecule is CSc1ccc(S(=O)(=O)N2CCC(C(=O)N(Cc3ccco3)c3nc4c(F)cccc4s3)CC2)cc1. The standard InChI is InChI=1S/C25H24FN3O4S3/c1-34-19-7-9-20(10-8-19)36(31,32)28-13-11-17(12-14-28)24(30)29(16-18-4-3-15-33-18)25-27-23-21(26)5-2-6-22(23)35-25/h2-10,15,17H,11-14,16H2,1H3. The number of thioether (sulfide) groups is 1. The van der Waals surface area contributed by atoms with Crippen LogP contribution in [0.5, 0.6) is 0 Å². The zero-order valence-electron chi connectivity index (χ0n) is 19.5. The highest BCUT2D eigenvalue weighted by Gasteiger charge is 2.35. The molecule has 1 aliphatic heterocycles. The van der Waals surface area contributed by atoms with E-state index in [1.165, 1.54) is 32.9 Å². The number of furan rings is 1. The Balaban J connectivity index is 1.35. The molecule has 3 heterocycles. The van der Waals surface area contributed by atoms with E-state index in [2.05, 4.69) is 4.98 Å². The minimum absolute atomic E-state index is 0.160. The van der Waals surface area contributed by atoms with Gasteiger partial charge in [-0.2, -0.15) is 4.31 Å². The molecule has 0 radical (unpaired) electrons. The maximum Gasteiger partial charge on any atom is 0.243 e. The molecule has 0 spiro atoms. The van der Waals surface area contributed by atoms with Crippen LogP contribution >= 0.6 is 23.1 Å². The summed E-state index contributed by atoms with van der Waals surface area (Å²) in [4.78, 5) is 20.9. The fourth-order valence-corrected chi connectivity index (χ4v) is 7.14. The predicted octanol–water partition coefficient (Wildman–Crippen LogP) is 5.38. The van der Waals surface area contributed by atoms with Gasteiger partial charge in [-0.05, 0) is 67.6 Å². The second-order valence-electron chi connectivity index (χ2n) is 8.44. The number of carbonyl (C=O) groups excluding carboxylic acids is 1. The van der Waals surface area contributed by atoms with Gasteiger partial charge in [-0.3, -0.25) is 9.69 Å². The first kappa shape index (κ1) is 24.9. The minimum atomic E-state index is -3.64. The summed E-state index contributed by atoms with van der Waals surface area (Å²) in [6, 6.07) is 15.1. The molecule has 1 amide bonds. The Labute approximate surface area is 217 Å². The number of benzene rings is 2. The predicted molar refractivity (Wildman–Crippen MR) is 139 cm³/mol. The van der Waals surface area contributed by atoms with Gasteiger partial charge in [-0.1, -0.05) is 17.4 Å². The summed E-state index contributed by atoms with van der Waals surface area (Å²) in [5, 5.41) is 0.389. The van der Waals surface area contributed by atoms with Crippen LogP contribution in [-0.4, -0.2) is 43.0 Å². The molecule has 0 saturated carbocycles. The van der Waals surface area contributed by atoms with Crippen LogP contribution in [0.15, 0.2) is 75.1 Å². The van der Waals surface area contributed by atoms with Crippen LogP contribution in [0, 0.1) is 11.7 Å². The van der Waals surface area contributed by atoms with Gasteiger partial charge >= 0.3 is 0 Å². The molecule has 2 aromatic heterocycles. The third-order valence-electron chi connectivity index (χ3n) is 6.25. The van der Waals surface area contributed by atoms with Crippen LogP contribution in [0.4, 0.5) is 9.52 Å². The van der Waals surface area contributed by atoms with E-state index in [0.29, 0.717) is 28.4 Å². The summed E-state index contributed by atoms with van der Waals surface area (Å²) in [6.45, 7) is 0.645. The van der Waals surface area contributed by atoms with E-state index >= 15 is 0 Å². The van der Waals surface area contributed by atoms with Crippen molar-refractivity contribution in [1.82, 2.24) is 9.29 Å². The molecule has 4 aromatic rings. The molecule has 0 aliphatic carbocycles. The van der Waals surface area contributed by atoms with Crippen molar-refractivity contribution in [2.45, 2.75) is 29.2 Å². The lowest BCUT2D eigenvalue weighted by Gasteiger charge is -2.32. The summed E-state index contributed by atoms with van der Waals surface area (Å²) < 4.78 is 48.1. The van der Waals surface area contributed by atoms with E-state index in [1.807, 2.05) is 6.26 Å². The monoisotopic (exact) mass is 545 g/mol. The topological polar surface area (TPSA) is 83.7 Å². The van der Waals surface area contributed by atoms with E-state index in [1.54, 1.807) is 60.3 Å². The van der Waals surface area contributed by atoms with Crippen LogP contribution < -0.4 is 4.90 Å². The van der Waals surface area contributed by atoms with Crippen molar-refractivity contribution in [3.63, 3.8) is 0 Å². The van der Waals surface area contributed by atoms with Crippen molar-refractivity contribution in [1.29, 1.82) is 0 Å². The lowest BCUT2D eigenvalue weighted by Crippen LogP contribution is -2.44. The zero-order chi connectivity index (χ0) is 25.3. The van der Waals surface area contributed by atoms with Gasteiger partial charge in [0.05, 0.1) is 22.4 Å². The van der Waals surface area contributed by atoms with Crippen molar-refractivity contribution in [3.05, 3.63) is 72.4 Å². The van der Waals surface area contributed by atoms with Gasteiger partial charge in [0.2, 0.25) is 15.9 Å². The molecular formula is C25H24FN3O4S3. The molecule has 36 heavy (non-hydrogen) atoms. The Morgan fingerprint density at radius 3 is 2.56 bits per heavy atom. The fraction of sp³-hybridized carbons (Fsp3) is 0.280. The molecule has 11 heteroatoms. The highest BCUT2D eigenvalue weighted by molar-refractivity contribution is 7.98. The number of halogens is 1. The second kappa shape index (κ2) is 10.3. The maximum atomic E-state index is 14.3. The number of fused-ring (bicyclic) bond motifs is 1. The average molecular weight is 546 g/mol. The molecular weight excluding hydrogens is 521 g/mol. The number of hydrogen-bond donors (Lipinski definition) is 0. The van der Waals surface area contributed by atoms with Gasteiger partial charge in [-0.25, -0.2) is 17.8 Å². The number of thiazole rings is 1. The molecule has 188 valence electrons. The van der Waals surface area contributed by atoms with Crippen LogP contribution in [0.2, 0.25) is 0 Å². The van der Waals surface area contributed by atoms with Gasteiger partial charge in [0.1, 0.15) is 17.1 Å². The number of para-hydroxylation sites is 1. The minimum Gasteiger partial charge on any atom is -0.467 e. The molecule has 1 saturated heterocycles. The molecule has 1 fully saturated rings. The number of anilines is 1. The smallest absolute Gasteiger partial charge is 0.243 e. The van der Waals surface area contributed by atoms with Crippen molar-refractivity contribution in [3.8, 4) is 0 Å². The third kappa shape index (κ3) is 4.93. The Morgan fingerprint density at radius 2 is 1.92 bits per heavy atom. The lowest BCUT2D eigenvalue weighted by molar-refractivity contribution is -0.123. The number of piperidine rings is 1. The Hall–Kier alpha value is -2.73. The van der Waals surface area contributed by atoms with Gasteiger partial charge in [0.15, 0.2) is 5.13 Å². The Kier molecular flexibility index (Phi) is 7.16. The van der Waals surface area contributed by atoms with Gasteiger partial charge < -0.3 is 4.42 Å². The van der Waals surface area contributed by atoms with Gasteiger partial charge in [0, 0.05) is 23.9 Å². The quantitative estimate of drug-likeness (QED) is 0.290. The maximum absolute atomic E-state index is 14.3. The Morgan fingerprint density at radius 1 is 1.17 bits per heavy atom. The van der Waals surface area contributed by atoms with E-state index in [9.17, 15) is 17.6 Å². The van der Waals surface area contributed by atoms with E-state index in [4.69, 9.17) is 4.42 Å². The first-order valence-corrected chi connectivity index (χ1v) is 14.9. The zero-order valence-corrected chi connectivity index (χ0v) is 21.9. The van der Waals surface area contributed by atoms with Crippen LogP contribution in [0.3, 0.4) is 0 Å². The molecule has 0 N–H and O–H groups in total. The van der Waals surface area contributed by atoms with E-state index in [-0.39, 0.29) is 41.9 Å². The number of hydrogen-bond acceptors (Lipinski definition) is 7. The second-order valence-corrected chi connectivity index (χ2v) is 12.3. The third-order valence-corrected chi connectivity index (χ3v) is 9.95. The summed E-state index contributed by atoms with van der Waals surface area (Å²) >= 11 is 2.79. The first-order valence-electron chi connectivity index (χ1n) is 11.4. The fourth-order valence-electron chi connectivity index (χ4n) is 4.28. The molecule has 7 nitrogen and oxygen atoms in total.